The number of thioether (sulfide) groups is 1. The highest BCUT2D eigenvalue weighted by Crippen LogP contribution is 2.32. The van der Waals surface area contributed by atoms with Crippen molar-refractivity contribution >= 4 is 67.8 Å². The minimum absolute atomic E-state index is 0.268. The summed E-state index contributed by atoms with van der Waals surface area (Å²) in [5.74, 6) is 0.268. The lowest BCUT2D eigenvalue weighted by Crippen LogP contribution is -2.28. The first kappa shape index (κ1) is 17.0. The SMILES string of the molecule is CN(C)c1ccc(N=C2SC(=S)N(c3cccc(Cl)c3)C2=N)cc1. The fourth-order valence-corrected chi connectivity index (χ4v) is 3.64. The molecule has 1 aliphatic rings. The number of anilines is 2. The molecule has 0 amide bonds. The Bertz CT molecular complexity index is 831. The van der Waals surface area contributed by atoms with Crippen molar-refractivity contribution < 1.29 is 0 Å². The molecule has 2 aromatic carbocycles. The van der Waals surface area contributed by atoms with Crippen LogP contribution in [0.15, 0.2) is 53.5 Å². The van der Waals surface area contributed by atoms with Gasteiger partial charge in [0.2, 0.25) is 0 Å². The van der Waals surface area contributed by atoms with E-state index in [2.05, 4.69) is 4.99 Å². The van der Waals surface area contributed by atoms with Crippen LogP contribution in [0.3, 0.4) is 0 Å². The number of hydrogen-bond acceptors (Lipinski definition) is 5. The third kappa shape index (κ3) is 3.45. The average molecular weight is 375 g/mol. The molecule has 1 aliphatic heterocycles. The van der Waals surface area contributed by atoms with Crippen molar-refractivity contribution in [1.82, 2.24) is 0 Å². The molecular weight excluding hydrogens is 360 g/mol. The van der Waals surface area contributed by atoms with Crippen molar-refractivity contribution in [2.45, 2.75) is 0 Å². The highest BCUT2D eigenvalue weighted by atomic mass is 35.5. The lowest BCUT2D eigenvalue weighted by Gasteiger charge is -2.16. The summed E-state index contributed by atoms with van der Waals surface area (Å²) in [5.41, 5.74) is 2.67. The second-order valence-electron chi connectivity index (χ2n) is 5.36. The number of rotatable bonds is 3. The molecule has 0 saturated carbocycles. The van der Waals surface area contributed by atoms with E-state index in [0.717, 1.165) is 17.1 Å². The molecule has 0 atom stereocenters. The molecule has 0 aliphatic carbocycles. The Kier molecular flexibility index (Phi) is 4.89. The van der Waals surface area contributed by atoms with Crippen LogP contribution in [-0.4, -0.2) is 29.3 Å². The Morgan fingerprint density at radius 1 is 1.17 bits per heavy atom. The number of nitrogens with zero attached hydrogens (tertiary/aromatic N) is 3. The standard InChI is InChI=1S/C17H15ClN4S2/c1-21(2)13-8-6-12(7-9-13)20-16-15(19)22(17(23)24-16)14-5-3-4-11(18)10-14/h3-10,19H,1-2H3. The monoisotopic (exact) mass is 374 g/mol. The van der Waals surface area contributed by atoms with Gasteiger partial charge in [0, 0.05) is 24.8 Å². The lowest BCUT2D eigenvalue weighted by atomic mass is 10.2. The van der Waals surface area contributed by atoms with Gasteiger partial charge in [0.1, 0.15) is 5.04 Å². The van der Waals surface area contributed by atoms with Crippen molar-refractivity contribution in [2.75, 3.05) is 23.9 Å². The zero-order valence-electron chi connectivity index (χ0n) is 13.2. The first-order valence-corrected chi connectivity index (χ1v) is 8.78. The number of halogens is 1. The van der Waals surface area contributed by atoms with Crippen LogP contribution < -0.4 is 9.80 Å². The van der Waals surface area contributed by atoms with Gasteiger partial charge in [-0.05, 0) is 54.2 Å². The van der Waals surface area contributed by atoms with Crippen LogP contribution in [0, 0.1) is 5.41 Å². The van der Waals surface area contributed by atoms with E-state index in [9.17, 15) is 0 Å². The topological polar surface area (TPSA) is 42.7 Å². The third-order valence-corrected chi connectivity index (χ3v) is 4.96. The summed E-state index contributed by atoms with van der Waals surface area (Å²) < 4.78 is 0.575. The molecule has 4 nitrogen and oxygen atoms in total. The largest absolute Gasteiger partial charge is 0.378 e. The van der Waals surface area contributed by atoms with Crippen LogP contribution in [0.2, 0.25) is 5.02 Å². The van der Waals surface area contributed by atoms with Crippen molar-refractivity contribution in [3.05, 3.63) is 53.6 Å². The highest BCUT2D eigenvalue weighted by Gasteiger charge is 2.31. The summed E-state index contributed by atoms with van der Waals surface area (Å²) in [6.45, 7) is 0. The van der Waals surface area contributed by atoms with E-state index in [-0.39, 0.29) is 5.84 Å². The molecule has 0 bridgehead atoms. The van der Waals surface area contributed by atoms with Gasteiger partial charge in [0.15, 0.2) is 10.2 Å². The smallest absolute Gasteiger partial charge is 0.164 e. The fourth-order valence-electron chi connectivity index (χ4n) is 2.23. The van der Waals surface area contributed by atoms with Gasteiger partial charge in [-0.25, -0.2) is 4.99 Å². The first-order valence-electron chi connectivity index (χ1n) is 7.18. The molecular formula is C17H15ClN4S2. The first-order chi connectivity index (χ1) is 11.5. The number of hydrogen-bond donors (Lipinski definition) is 1. The molecule has 2 aromatic rings. The van der Waals surface area contributed by atoms with Gasteiger partial charge in [0.25, 0.3) is 0 Å². The quantitative estimate of drug-likeness (QED) is 0.772. The van der Waals surface area contributed by atoms with Gasteiger partial charge < -0.3 is 4.90 Å². The predicted octanol–water partition coefficient (Wildman–Crippen LogP) is 4.95. The lowest BCUT2D eigenvalue weighted by molar-refractivity contribution is 1.13. The Morgan fingerprint density at radius 2 is 1.88 bits per heavy atom. The van der Waals surface area contributed by atoms with Crippen LogP contribution in [0.5, 0.6) is 0 Å². The van der Waals surface area contributed by atoms with Crippen molar-refractivity contribution in [3.63, 3.8) is 0 Å². The number of benzene rings is 2. The molecule has 0 unspecified atom stereocenters. The molecule has 1 saturated heterocycles. The average Bonchev–Trinajstić information content (AvgIpc) is 2.82. The second kappa shape index (κ2) is 6.93. The Balaban J connectivity index is 1.88. The molecule has 24 heavy (non-hydrogen) atoms. The van der Waals surface area contributed by atoms with Gasteiger partial charge in [-0.1, -0.05) is 29.9 Å². The van der Waals surface area contributed by atoms with Crippen molar-refractivity contribution in [3.8, 4) is 0 Å². The predicted molar refractivity (Wildman–Crippen MR) is 110 cm³/mol. The van der Waals surface area contributed by atoms with E-state index in [1.165, 1.54) is 11.8 Å². The molecule has 1 fully saturated rings. The van der Waals surface area contributed by atoms with Crippen LogP contribution >= 0.6 is 35.6 Å². The molecule has 3 rings (SSSR count). The maximum atomic E-state index is 8.40. The Labute approximate surface area is 155 Å². The number of aliphatic imine (C=N–C) groups is 1. The minimum Gasteiger partial charge on any atom is -0.378 e. The van der Waals surface area contributed by atoms with Gasteiger partial charge >= 0.3 is 0 Å². The summed E-state index contributed by atoms with van der Waals surface area (Å²) >= 11 is 12.8. The van der Waals surface area contributed by atoms with Crippen molar-refractivity contribution in [2.24, 2.45) is 4.99 Å². The normalized spacial score (nSPS) is 16.1. The van der Waals surface area contributed by atoms with E-state index >= 15 is 0 Å². The van der Waals surface area contributed by atoms with Crippen LogP contribution in [0.25, 0.3) is 0 Å². The molecule has 0 radical (unpaired) electrons. The van der Waals surface area contributed by atoms with E-state index in [1.54, 1.807) is 17.0 Å². The van der Waals surface area contributed by atoms with Gasteiger partial charge in [-0.3, -0.25) is 10.3 Å². The number of nitrogens with one attached hydrogen (secondary N) is 1. The van der Waals surface area contributed by atoms with E-state index in [0.29, 0.717) is 14.4 Å². The molecule has 122 valence electrons. The highest BCUT2D eigenvalue weighted by molar-refractivity contribution is 8.35. The Morgan fingerprint density at radius 3 is 2.50 bits per heavy atom. The van der Waals surface area contributed by atoms with Gasteiger partial charge in [-0.15, -0.1) is 0 Å². The summed E-state index contributed by atoms with van der Waals surface area (Å²) in [7, 11) is 3.98. The molecule has 1 heterocycles. The van der Waals surface area contributed by atoms with Crippen molar-refractivity contribution in [1.29, 1.82) is 5.41 Å². The third-order valence-electron chi connectivity index (χ3n) is 3.46. The second-order valence-corrected chi connectivity index (χ2v) is 7.42. The maximum absolute atomic E-state index is 8.40. The number of thiocarbonyl (C=S) groups is 1. The van der Waals surface area contributed by atoms with Crippen LogP contribution in [-0.2, 0) is 0 Å². The summed E-state index contributed by atoms with van der Waals surface area (Å²) in [5, 5.41) is 9.59. The maximum Gasteiger partial charge on any atom is 0.164 e. The fraction of sp³-hybridized carbons (Fsp3) is 0.118. The molecule has 7 heteroatoms. The van der Waals surface area contributed by atoms with E-state index in [4.69, 9.17) is 29.2 Å². The van der Waals surface area contributed by atoms with Crippen LogP contribution in [0.4, 0.5) is 17.1 Å². The van der Waals surface area contributed by atoms with E-state index < -0.39 is 0 Å². The van der Waals surface area contributed by atoms with Gasteiger partial charge in [-0.2, -0.15) is 0 Å². The molecule has 0 spiro atoms. The summed E-state index contributed by atoms with van der Waals surface area (Å²) in [6.07, 6.45) is 0. The zero-order valence-corrected chi connectivity index (χ0v) is 15.5. The minimum atomic E-state index is 0.268. The number of amidine groups is 1. The van der Waals surface area contributed by atoms with Gasteiger partial charge in [0.05, 0.1) is 11.4 Å². The van der Waals surface area contributed by atoms with Crippen LogP contribution in [0.1, 0.15) is 0 Å². The Hall–Kier alpha value is -1.89. The molecule has 0 aromatic heterocycles. The summed E-state index contributed by atoms with van der Waals surface area (Å²) in [4.78, 5) is 8.27. The molecule has 1 N–H and O–H groups in total. The van der Waals surface area contributed by atoms with E-state index in [1.807, 2.05) is 55.4 Å². The summed E-state index contributed by atoms with van der Waals surface area (Å²) in [6, 6.07) is 15.2. The zero-order chi connectivity index (χ0) is 17.3.